The number of amides is 1. The Hall–Kier alpha value is -2.60. The van der Waals surface area contributed by atoms with E-state index in [9.17, 15) is 4.79 Å². The summed E-state index contributed by atoms with van der Waals surface area (Å²) in [7, 11) is 0. The van der Waals surface area contributed by atoms with Crippen molar-refractivity contribution >= 4 is 5.91 Å². The van der Waals surface area contributed by atoms with Crippen LogP contribution in [0.2, 0.25) is 0 Å². The molecule has 1 atom stereocenters. The molecule has 3 heteroatoms. The maximum absolute atomic E-state index is 12.6. The standard InChI is InChI=1S/C19H18N2O/c1-14-5-2-3-8-18(14)17-9-10-21(13-17)19(22)16-7-4-6-15(11-16)12-20/h2-8,11,17H,9-10,13H2,1H3. The lowest BCUT2D eigenvalue weighted by Gasteiger charge is -2.17. The van der Waals surface area contributed by atoms with Crippen LogP contribution in [0, 0.1) is 18.3 Å². The molecule has 3 nitrogen and oxygen atoms in total. The third kappa shape index (κ3) is 2.73. The summed E-state index contributed by atoms with van der Waals surface area (Å²) in [5, 5.41) is 8.96. The van der Waals surface area contributed by atoms with Gasteiger partial charge in [-0.05, 0) is 42.7 Å². The molecule has 1 heterocycles. The average molecular weight is 290 g/mol. The molecule has 1 aliphatic heterocycles. The normalized spacial score (nSPS) is 17.3. The SMILES string of the molecule is Cc1ccccc1C1CCN(C(=O)c2cccc(C#N)c2)C1. The van der Waals surface area contributed by atoms with Crippen LogP contribution in [0.15, 0.2) is 48.5 Å². The van der Waals surface area contributed by atoms with E-state index in [0.29, 0.717) is 17.0 Å². The molecule has 1 saturated heterocycles. The van der Waals surface area contributed by atoms with Crippen molar-refractivity contribution in [2.24, 2.45) is 0 Å². The summed E-state index contributed by atoms with van der Waals surface area (Å²) < 4.78 is 0. The molecule has 1 amide bonds. The summed E-state index contributed by atoms with van der Waals surface area (Å²) in [4.78, 5) is 14.5. The third-order valence-corrected chi connectivity index (χ3v) is 4.34. The number of likely N-dealkylation sites (tertiary alicyclic amines) is 1. The highest BCUT2D eigenvalue weighted by atomic mass is 16.2. The zero-order valence-corrected chi connectivity index (χ0v) is 12.6. The maximum atomic E-state index is 12.6. The van der Waals surface area contributed by atoms with Crippen LogP contribution < -0.4 is 0 Å². The topological polar surface area (TPSA) is 44.1 Å². The van der Waals surface area contributed by atoms with Crippen molar-refractivity contribution in [3.8, 4) is 6.07 Å². The summed E-state index contributed by atoms with van der Waals surface area (Å²) in [6, 6.07) is 17.4. The van der Waals surface area contributed by atoms with Crippen LogP contribution in [0.5, 0.6) is 0 Å². The molecule has 0 aromatic heterocycles. The second kappa shape index (κ2) is 6.03. The van der Waals surface area contributed by atoms with Gasteiger partial charge in [-0.1, -0.05) is 30.3 Å². The van der Waals surface area contributed by atoms with Gasteiger partial charge < -0.3 is 4.90 Å². The Morgan fingerprint density at radius 1 is 1.23 bits per heavy atom. The van der Waals surface area contributed by atoms with Gasteiger partial charge in [0.25, 0.3) is 5.91 Å². The highest BCUT2D eigenvalue weighted by molar-refractivity contribution is 5.94. The summed E-state index contributed by atoms with van der Waals surface area (Å²) >= 11 is 0. The molecule has 2 aromatic carbocycles. The number of rotatable bonds is 2. The van der Waals surface area contributed by atoms with Crippen LogP contribution >= 0.6 is 0 Å². The number of hydrogen-bond acceptors (Lipinski definition) is 2. The minimum atomic E-state index is 0.0215. The number of benzene rings is 2. The monoisotopic (exact) mass is 290 g/mol. The zero-order valence-electron chi connectivity index (χ0n) is 12.6. The quantitative estimate of drug-likeness (QED) is 0.849. The maximum Gasteiger partial charge on any atom is 0.253 e. The molecule has 0 N–H and O–H groups in total. The van der Waals surface area contributed by atoms with Gasteiger partial charge in [0.1, 0.15) is 0 Å². The molecule has 0 spiro atoms. The van der Waals surface area contributed by atoms with E-state index < -0.39 is 0 Å². The lowest BCUT2D eigenvalue weighted by molar-refractivity contribution is 0.0790. The molecule has 0 radical (unpaired) electrons. The summed E-state index contributed by atoms with van der Waals surface area (Å²) in [5.74, 6) is 0.428. The van der Waals surface area contributed by atoms with Crippen LogP contribution in [0.1, 0.15) is 39.4 Å². The minimum absolute atomic E-state index is 0.0215. The fourth-order valence-corrected chi connectivity index (χ4v) is 3.15. The van der Waals surface area contributed by atoms with Gasteiger partial charge in [0.15, 0.2) is 0 Å². The molecule has 110 valence electrons. The number of nitriles is 1. The second-order valence-electron chi connectivity index (χ2n) is 5.79. The first kappa shape index (κ1) is 14.3. The van der Waals surface area contributed by atoms with Crippen molar-refractivity contribution in [2.75, 3.05) is 13.1 Å². The van der Waals surface area contributed by atoms with Crippen molar-refractivity contribution in [1.29, 1.82) is 5.26 Å². The Labute approximate surface area is 130 Å². The molecule has 1 unspecified atom stereocenters. The van der Waals surface area contributed by atoms with E-state index in [1.807, 2.05) is 11.0 Å². The Morgan fingerprint density at radius 2 is 2.05 bits per heavy atom. The van der Waals surface area contributed by atoms with Crippen LogP contribution in [0.4, 0.5) is 0 Å². The largest absolute Gasteiger partial charge is 0.338 e. The van der Waals surface area contributed by atoms with E-state index in [-0.39, 0.29) is 5.91 Å². The highest BCUT2D eigenvalue weighted by Gasteiger charge is 2.28. The Kier molecular flexibility index (Phi) is 3.93. The van der Waals surface area contributed by atoms with Gasteiger partial charge in [0, 0.05) is 24.6 Å². The molecule has 0 bridgehead atoms. The first-order chi connectivity index (χ1) is 10.7. The van der Waals surface area contributed by atoms with Gasteiger partial charge in [-0.2, -0.15) is 5.26 Å². The molecule has 0 aliphatic carbocycles. The van der Waals surface area contributed by atoms with Crippen LogP contribution in [-0.2, 0) is 0 Å². The van der Waals surface area contributed by atoms with Crippen LogP contribution in [-0.4, -0.2) is 23.9 Å². The number of carbonyl (C=O) groups excluding carboxylic acids is 1. The molecule has 3 rings (SSSR count). The second-order valence-corrected chi connectivity index (χ2v) is 5.79. The molecule has 22 heavy (non-hydrogen) atoms. The number of hydrogen-bond donors (Lipinski definition) is 0. The van der Waals surface area contributed by atoms with Crippen molar-refractivity contribution in [1.82, 2.24) is 4.90 Å². The van der Waals surface area contributed by atoms with E-state index in [2.05, 4.69) is 31.2 Å². The van der Waals surface area contributed by atoms with Gasteiger partial charge in [-0.15, -0.1) is 0 Å². The van der Waals surface area contributed by atoms with Gasteiger partial charge in [-0.3, -0.25) is 4.79 Å². The number of aryl methyl sites for hydroxylation is 1. The van der Waals surface area contributed by atoms with Crippen LogP contribution in [0.3, 0.4) is 0 Å². The molecule has 1 aliphatic rings. The van der Waals surface area contributed by atoms with Crippen molar-refractivity contribution in [3.05, 3.63) is 70.8 Å². The zero-order chi connectivity index (χ0) is 15.5. The van der Waals surface area contributed by atoms with E-state index in [4.69, 9.17) is 5.26 Å². The first-order valence-corrected chi connectivity index (χ1v) is 7.54. The van der Waals surface area contributed by atoms with Crippen molar-refractivity contribution in [2.45, 2.75) is 19.3 Å². The van der Waals surface area contributed by atoms with E-state index >= 15 is 0 Å². The fraction of sp³-hybridized carbons (Fsp3) is 0.263. The fourth-order valence-electron chi connectivity index (χ4n) is 3.15. The first-order valence-electron chi connectivity index (χ1n) is 7.54. The summed E-state index contributed by atoms with van der Waals surface area (Å²) in [6.45, 7) is 3.64. The van der Waals surface area contributed by atoms with Gasteiger partial charge in [0.05, 0.1) is 11.6 Å². The lowest BCUT2D eigenvalue weighted by atomic mass is 9.94. The molecule has 2 aromatic rings. The molecular formula is C19H18N2O. The number of carbonyl (C=O) groups is 1. The van der Waals surface area contributed by atoms with E-state index in [1.54, 1.807) is 24.3 Å². The smallest absolute Gasteiger partial charge is 0.253 e. The van der Waals surface area contributed by atoms with Crippen molar-refractivity contribution in [3.63, 3.8) is 0 Å². The molecular weight excluding hydrogens is 272 g/mol. The Bertz CT molecular complexity index is 745. The predicted octanol–water partition coefficient (Wildman–Crippen LogP) is 3.50. The molecule has 0 saturated carbocycles. The Balaban J connectivity index is 1.76. The van der Waals surface area contributed by atoms with E-state index in [0.717, 1.165) is 19.5 Å². The predicted molar refractivity (Wildman–Crippen MR) is 85.6 cm³/mol. The minimum Gasteiger partial charge on any atom is -0.338 e. The van der Waals surface area contributed by atoms with E-state index in [1.165, 1.54) is 11.1 Å². The average Bonchev–Trinajstić information content (AvgIpc) is 3.04. The van der Waals surface area contributed by atoms with Gasteiger partial charge in [0.2, 0.25) is 0 Å². The molecule has 1 fully saturated rings. The lowest BCUT2D eigenvalue weighted by Crippen LogP contribution is -2.28. The van der Waals surface area contributed by atoms with Crippen LogP contribution in [0.25, 0.3) is 0 Å². The third-order valence-electron chi connectivity index (χ3n) is 4.34. The summed E-state index contributed by atoms with van der Waals surface area (Å²) in [5.41, 5.74) is 3.75. The van der Waals surface area contributed by atoms with Gasteiger partial charge in [-0.25, -0.2) is 0 Å². The summed E-state index contributed by atoms with van der Waals surface area (Å²) in [6.07, 6.45) is 0.995. The van der Waals surface area contributed by atoms with Gasteiger partial charge >= 0.3 is 0 Å². The Morgan fingerprint density at radius 3 is 2.82 bits per heavy atom. The highest BCUT2D eigenvalue weighted by Crippen LogP contribution is 2.30. The number of nitrogens with zero attached hydrogens (tertiary/aromatic N) is 2. The van der Waals surface area contributed by atoms with Crippen molar-refractivity contribution < 1.29 is 4.79 Å².